The molecule has 2 N–H and O–H groups in total. The molecule has 0 radical (unpaired) electrons. The van der Waals surface area contributed by atoms with E-state index in [2.05, 4.69) is 0 Å². The summed E-state index contributed by atoms with van der Waals surface area (Å²) in [5.74, 6) is 0. The molecule has 0 aromatic carbocycles. The van der Waals surface area contributed by atoms with Crippen LogP contribution in [0.2, 0.25) is 0 Å². The minimum Gasteiger partial charge on any atom is -0.390 e. The summed E-state index contributed by atoms with van der Waals surface area (Å²) in [5, 5.41) is 19.8. The average Bonchev–Trinajstić information content (AvgIpc) is 2.14. The summed E-state index contributed by atoms with van der Waals surface area (Å²) in [6, 6.07) is 0. The van der Waals surface area contributed by atoms with Crippen LogP contribution < -0.4 is 0 Å². The summed E-state index contributed by atoms with van der Waals surface area (Å²) in [7, 11) is 0. The van der Waals surface area contributed by atoms with Crippen molar-refractivity contribution < 1.29 is 10.2 Å². The van der Waals surface area contributed by atoms with Gasteiger partial charge in [0, 0.05) is 0 Å². The highest BCUT2D eigenvalue weighted by Gasteiger charge is 2.31. The zero-order valence-corrected chi connectivity index (χ0v) is 8.95. The summed E-state index contributed by atoms with van der Waals surface area (Å²) in [6.07, 6.45) is 5.92. The molecular formula is C11H22O2. The molecular weight excluding hydrogens is 164 g/mol. The van der Waals surface area contributed by atoms with Crippen LogP contribution >= 0.6 is 0 Å². The van der Waals surface area contributed by atoms with Crippen LogP contribution in [0.4, 0.5) is 0 Å². The van der Waals surface area contributed by atoms with Crippen LogP contribution in [0.25, 0.3) is 0 Å². The van der Waals surface area contributed by atoms with Gasteiger partial charge in [0.05, 0.1) is 11.7 Å². The molecule has 0 fully saturated rings. The third-order valence-corrected chi connectivity index (χ3v) is 2.40. The number of aliphatic hydroxyl groups excluding tert-OH is 1. The van der Waals surface area contributed by atoms with Crippen molar-refractivity contribution in [3.63, 3.8) is 0 Å². The predicted octanol–water partition coefficient (Wildman–Crippen LogP) is 2.25. The van der Waals surface area contributed by atoms with Crippen LogP contribution in [0.15, 0.2) is 12.2 Å². The second-order valence-corrected chi connectivity index (χ2v) is 3.55. The number of hydrogen-bond acceptors (Lipinski definition) is 2. The fourth-order valence-electron chi connectivity index (χ4n) is 1.54. The van der Waals surface area contributed by atoms with Crippen LogP contribution in [0.3, 0.4) is 0 Å². The largest absolute Gasteiger partial charge is 0.390 e. The van der Waals surface area contributed by atoms with Crippen molar-refractivity contribution in [1.82, 2.24) is 0 Å². The third kappa shape index (κ3) is 3.92. The SMILES string of the molecule is CC=CCC(O)(CCC)C(O)CC. The molecule has 0 heterocycles. The molecule has 0 rings (SSSR count). The van der Waals surface area contributed by atoms with Crippen LogP contribution in [0.1, 0.15) is 46.5 Å². The highest BCUT2D eigenvalue weighted by atomic mass is 16.3. The normalized spacial score (nSPS) is 18.8. The van der Waals surface area contributed by atoms with E-state index in [9.17, 15) is 10.2 Å². The lowest BCUT2D eigenvalue weighted by molar-refractivity contribution is -0.0796. The highest BCUT2D eigenvalue weighted by Crippen LogP contribution is 2.24. The molecule has 0 aromatic rings. The van der Waals surface area contributed by atoms with Crippen molar-refractivity contribution >= 4 is 0 Å². The van der Waals surface area contributed by atoms with E-state index in [-0.39, 0.29) is 0 Å². The number of rotatable bonds is 6. The van der Waals surface area contributed by atoms with E-state index >= 15 is 0 Å². The van der Waals surface area contributed by atoms with Gasteiger partial charge in [-0.1, -0.05) is 32.4 Å². The number of hydrogen-bond donors (Lipinski definition) is 2. The molecule has 0 saturated carbocycles. The van der Waals surface area contributed by atoms with Gasteiger partial charge in [-0.2, -0.15) is 0 Å². The molecule has 2 nitrogen and oxygen atoms in total. The maximum Gasteiger partial charge on any atom is 0.0939 e. The van der Waals surface area contributed by atoms with Gasteiger partial charge in [0.15, 0.2) is 0 Å². The molecule has 0 aliphatic rings. The number of allylic oxidation sites excluding steroid dienone is 1. The summed E-state index contributed by atoms with van der Waals surface area (Å²) >= 11 is 0. The Kier molecular flexibility index (Phi) is 6.00. The Balaban J connectivity index is 4.31. The third-order valence-electron chi connectivity index (χ3n) is 2.40. The van der Waals surface area contributed by atoms with Crippen LogP contribution in [-0.2, 0) is 0 Å². The molecule has 2 unspecified atom stereocenters. The summed E-state index contributed by atoms with van der Waals surface area (Å²) < 4.78 is 0. The van der Waals surface area contributed by atoms with Gasteiger partial charge in [0.1, 0.15) is 0 Å². The van der Waals surface area contributed by atoms with E-state index in [0.717, 1.165) is 6.42 Å². The Morgan fingerprint density at radius 1 is 1.38 bits per heavy atom. The van der Waals surface area contributed by atoms with Crippen LogP contribution in [0, 0.1) is 0 Å². The van der Waals surface area contributed by atoms with Gasteiger partial charge in [-0.25, -0.2) is 0 Å². The lowest BCUT2D eigenvalue weighted by Gasteiger charge is -2.31. The molecule has 0 bridgehead atoms. The van der Waals surface area contributed by atoms with Gasteiger partial charge < -0.3 is 10.2 Å². The Morgan fingerprint density at radius 2 is 2.00 bits per heavy atom. The van der Waals surface area contributed by atoms with Crippen molar-refractivity contribution in [2.45, 2.75) is 58.2 Å². The van der Waals surface area contributed by atoms with Gasteiger partial charge in [0.25, 0.3) is 0 Å². The maximum atomic E-state index is 10.1. The molecule has 2 atom stereocenters. The molecule has 13 heavy (non-hydrogen) atoms. The molecule has 0 saturated heterocycles. The van der Waals surface area contributed by atoms with E-state index in [1.165, 1.54) is 0 Å². The Morgan fingerprint density at radius 3 is 2.38 bits per heavy atom. The first-order chi connectivity index (χ1) is 6.10. The monoisotopic (exact) mass is 186 g/mol. The van der Waals surface area contributed by atoms with Gasteiger partial charge in [-0.15, -0.1) is 0 Å². The molecule has 0 aliphatic carbocycles. The van der Waals surface area contributed by atoms with Crippen molar-refractivity contribution in [1.29, 1.82) is 0 Å². The van der Waals surface area contributed by atoms with Gasteiger partial charge in [0.2, 0.25) is 0 Å². The van der Waals surface area contributed by atoms with Crippen molar-refractivity contribution in [3.8, 4) is 0 Å². The number of aliphatic hydroxyl groups is 2. The lowest BCUT2D eigenvalue weighted by atomic mass is 9.86. The zero-order chi connectivity index (χ0) is 10.3. The first-order valence-corrected chi connectivity index (χ1v) is 5.12. The van der Waals surface area contributed by atoms with E-state index in [0.29, 0.717) is 19.3 Å². The summed E-state index contributed by atoms with van der Waals surface area (Å²) in [4.78, 5) is 0. The van der Waals surface area contributed by atoms with Crippen LogP contribution in [-0.4, -0.2) is 21.9 Å². The second kappa shape index (κ2) is 6.17. The fraction of sp³-hybridized carbons (Fsp3) is 0.818. The smallest absolute Gasteiger partial charge is 0.0939 e. The maximum absolute atomic E-state index is 10.1. The van der Waals surface area contributed by atoms with Gasteiger partial charge in [-0.05, 0) is 26.2 Å². The highest BCUT2D eigenvalue weighted by molar-refractivity contribution is 4.93. The van der Waals surface area contributed by atoms with Crippen molar-refractivity contribution in [3.05, 3.63) is 12.2 Å². The standard InChI is InChI=1S/C11H22O2/c1-4-7-9-11(13,8-5-2)10(12)6-3/h4,7,10,12-13H,5-6,8-9H2,1-3H3. The first-order valence-electron chi connectivity index (χ1n) is 5.12. The molecule has 2 heteroatoms. The topological polar surface area (TPSA) is 40.5 Å². The molecule has 0 aliphatic heterocycles. The fourth-order valence-corrected chi connectivity index (χ4v) is 1.54. The molecule has 0 spiro atoms. The van der Waals surface area contributed by atoms with Crippen molar-refractivity contribution in [2.75, 3.05) is 0 Å². The second-order valence-electron chi connectivity index (χ2n) is 3.55. The average molecular weight is 186 g/mol. The Bertz CT molecular complexity index is 154. The van der Waals surface area contributed by atoms with E-state index in [4.69, 9.17) is 0 Å². The zero-order valence-electron chi connectivity index (χ0n) is 8.95. The van der Waals surface area contributed by atoms with E-state index < -0.39 is 11.7 Å². The quantitative estimate of drug-likeness (QED) is 0.625. The minimum absolute atomic E-state index is 0.548. The van der Waals surface area contributed by atoms with E-state index in [1.54, 1.807) is 0 Å². The van der Waals surface area contributed by atoms with Crippen molar-refractivity contribution in [2.24, 2.45) is 0 Å². The lowest BCUT2D eigenvalue weighted by Crippen LogP contribution is -2.41. The molecule has 0 amide bonds. The summed E-state index contributed by atoms with van der Waals surface area (Å²) in [5.41, 5.74) is -0.921. The summed E-state index contributed by atoms with van der Waals surface area (Å²) in [6.45, 7) is 5.83. The Labute approximate surface area is 81.3 Å². The molecule has 78 valence electrons. The van der Waals surface area contributed by atoms with E-state index in [1.807, 2.05) is 32.9 Å². The first kappa shape index (κ1) is 12.7. The van der Waals surface area contributed by atoms with Crippen LogP contribution in [0.5, 0.6) is 0 Å². The Hall–Kier alpha value is -0.340. The van der Waals surface area contributed by atoms with Gasteiger partial charge in [-0.3, -0.25) is 0 Å². The minimum atomic E-state index is -0.921. The predicted molar refractivity (Wildman–Crippen MR) is 55.6 cm³/mol. The molecule has 0 aromatic heterocycles. The van der Waals surface area contributed by atoms with Gasteiger partial charge >= 0.3 is 0 Å².